The van der Waals surface area contributed by atoms with Crippen LogP contribution >= 0.6 is 0 Å². The van der Waals surface area contributed by atoms with Crippen LogP contribution in [0, 0.1) is 11.3 Å². The maximum Gasteiger partial charge on any atom is 0.291 e. The molecule has 2 heterocycles. The highest BCUT2D eigenvalue weighted by atomic mass is 32.2. The highest BCUT2D eigenvalue weighted by Gasteiger charge is 2.22. The van der Waals surface area contributed by atoms with E-state index >= 15 is 0 Å². The summed E-state index contributed by atoms with van der Waals surface area (Å²) in [6.07, 6.45) is 9.92. The van der Waals surface area contributed by atoms with Crippen LogP contribution in [0.1, 0.15) is 71.9 Å². The Morgan fingerprint density at radius 1 is 1.28 bits per heavy atom. The number of carbonyl (C=O) groups is 1. The van der Waals surface area contributed by atoms with Gasteiger partial charge in [0, 0.05) is 33.6 Å². The van der Waals surface area contributed by atoms with Crippen molar-refractivity contribution in [3.63, 3.8) is 0 Å². The Morgan fingerprint density at radius 2 is 2.10 bits per heavy atom. The van der Waals surface area contributed by atoms with Gasteiger partial charge < -0.3 is 10.3 Å². The van der Waals surface area contributed by atoms with Gasteiger partial charge >= 0.3 is 0 Å². The molecule has 1 aliphatic carbocycles. The maximum atomic E-state index is 12.6. The molecule has 7 heteroatoms. The highest BCUT2D eigenvalue weighted by Crippen LogP contribution is 2.36. The van der Waals surface area contributed by atoms with E-state index in [-0.39, 0.29) is 17.4 Å². The Labute approximate surface area is 172 Å². The van der Waals surface area contributed by atoms with Gasteiger partial charge in [0.25, 0.3) is 5.91 Å². The lowest BCUT2D eigenvalue weighted by Gasteiger charge is -2.24. The number of hydrogen-bond acceptors (Lipinski definition) is 4. The first-order valence-electron chi connectivity index (χ1n) is 10.1. The van der Waals surface area contributed by atoms with Gasteiger partial charge in [-0.05, 0) is 67.7 Å². The van der Waals surface area contributed by atoms with Crippen molar-refractivity contribution in [3.05, 3.63) is 53.1 Å². The Balaban J connectivity index is 1.63. The Hall–Kier alpha value is -2.72. The summed E-state index contributed by atoms with van der Waals surface area (Å²) in [5, 5.41) is 11.9. The van der Waals surface area contributed by atoms with Gasteiger partial charge in [0.15, 0.2) is 5.82 Å². The SMILES string of the molecule is N#Cc1cnc(C(=O)Nc2ccc(C3CCS(=O)CC3)cc2C2=CCCCC2)[nH]1. The monoisotopic (exact) mass is 408 g/mol. The Kier molecular flexibility index (Phi) is 5.91. The van der Waals surface area contributed by atoms with Gasteiger partial charge in [-0.1, -0.05) is 12.1 Å². The number of H-pyrrole nitrogens is 1. The standard InChI is InChI=1S/C22H24N4O2S/c23-13-18-14-24-21(25-18)22(27)26-20-7-6-17(15-8-10-29(28)11-9-15)12-19(20)16-4-2-1-3-5-16/h4,6-7,12,14-15H,1-3,5,8-11H2,(H,24,25)(H,26,27). The van der Waals surface area contributed by atoms with E-state index in [2.05, 4.69) is 33.5 Å². The second kappa shape index (κ2) is 8.75. The summed E-state index contributed by atoms with van der Waals surface area (Å²) in [6, 6.07) is 8.19. The molecule has 6 nitrogen and oxygen atoms in total. The lowest BCUT2D eigenvalue weighted by molar-refractivity contribution is 0.101. The summed E-state index contributed by atoms with van der Waals surface area (Å²) in [6.45, 7) is 0. The first-order chi connectivity index (χ1) is 14.1. The third-order valence-corrected chi connectivity index (χ3v) is 7.08. The number of nitrogens with zero attached hydrogens (tertiary/aromatic N) is 2. The molecule has 0 radical (unpaired) electrons. The summed E-state index contributed by atoms with van der Waals surface area (Å²) < 4.78 is 11.7. The molecule has 29 heavy (non-hydrogen) atoms. The lowest BCUT2D eigenvalue weighted by atomic mass is 9.87. The van der Waals surface area contributed by atoms with Crippen molar-refractivity contribution in [3.8, 4) is 6.07 Å². The molecule has 0 saturated carbocycles. The summed E-state index contributed by atoms with van der Waals surface area (Å²) in [7, 11) is -0.678. The first kappa shape index (κ1) is 19.6. The average molecular weight is 409 g/mol. The van der Waals surface area contributed by atoms with E-state index in [9.17, 15) is 9.00 Å². The van der Waals surface area contributed by atoms with Crippen molar-refractivity contribution in [2.75, 3.05) is 16.8 Å². The van der Waals surface area contributed by atoms with E-state index in [1.165, 1.54) is 23.8 Å². The molecule has 4 rings (SSSR count). The third-order valence-electron chi connectivity index (χ3n) is 5.70. The molecule has 1 aromatic carbocycles. The molecule has 1 saturated heterocycles. The summed E-state index contributed by atoms with van der Waals surface area (Å²) >= 11 is 0. The van der Waals surface area contributed by atoms with Crippen LogP contribution in [-0.2, 0) is 10.8 Å². The van der Waals surface area contributed by atoms with Crippen LogP contribution in [0.2, 0.25) is 0 Å². The van der Waals surface area contributed by atoms with Crippen molar-refractivity contribution >= 4 is 28.0 Å². The summed E-state index contributed by atoms with van der Waals surface area (Å²) in [5.41, 5.74) is 4.61. The Bertz CT molecular complexity index is 1010. The largest absolute Gasteiger partial charge is 0.326 e. The van der Waals surface area contributed by atoms with Crippen molar-refractivity contribution in [1.82, 2.24) is 9.97 Å². The van der Waals surface area contributed by atoms with Gasteiger partial charge in [0.1, 0.15) is 11.8 Å². The number of rotatable bonds is 4. The minimum atomic E-state index is -0.678. The number of anilines is 1. The molecule has 1 aromatic heterocycles. The molecular weight excluding hydrogens is 384 g/mol. The highest BCUT2D eigenvalue weighted by molar-refractivity contribution is 7.85. The van der Waals surface area contributed by atoms with Crippen LogP contribution in [0.25, 0.3) is 5.57 Å². The van der Waals surface area contributed by atoms with Crippen LogP contribution in [-0.4, -0.2) is 31.6 Å². The molecular formula is C22H24N4O2S. The van der Waals surface area contributed by atoms with E-state index in [4.69, 9.17) is 5.26 Å². The average Bonchev–Trinajstić information content (AvgIpc) is 3.25. The van der Waals surface area contributed by atoms with Crippen LogP contribution in [0.15, 0.2) is 30.5 Å². The van der Waals surface area contributed by atoms with E-state index < -0.39 is 10.8 Å². The molecule has 1 fully saturated rings. The van der Waals surface area contributed by atoms with Crippen molar-refractivity contribution in [2.24, 2.45) is 0 Å². The van der Waals surface area contributed by atoms with Crippen molar-refractivity contribution in [1.29, 1.82) is 5.26 Å². The topological polar surface area (TPSA) is 98.6 Å². The molecule has 0 atom stereocenters. The zero-order valence-corrected chi connectivity index (χ0v) is 17.1. The normalized spacial score (nSPS) is 21.8. The summed E-state index contributed by atoms with van der Waals surface area (Å²) in [5.74, 6) is 1.72. The molecule has 1 aliphatic heterocycles. The number of amides is 1. The minimum absolute atomic E-state index is 0.129. The lowest BCUT2D eigenvalue weighted by Crippen LogP contribution is -2.18. The van der Waals surface area contributed by atoms with Crippen molar-refractivity contribution in [2.45, 2.75) is 44.4 Å². The number of aromatic nitrogens is 2. The predicted octanol–water partition coefficient (Wildman–Crippen LogP) is 4.12. The van der Waals surface area contributed by atoms with E-state index in [0.717, 1.165) is 54.9 Å². The number of nitrogens with one attached hydrogen (secondary N) is 2. The number of benzene rings is 1. The second-order valence-electron chi connectivity index (χ2n) is 7.61. The van der Waals surface area contributed by atoms with E-state index in [1.54, 1.807) is 0 Å². The van der Waals surface area contributed by atoms with E-state index in [1.807, 2.05) is 12.1 Å². The Morgan fingerprint density at radius 3 is 2.79 bits per heavy atom. The zero-order chi connectivity index (χ0) is 20.2. The van der Waals surface area contributed by atoms with Crippen LogP contribution in [0.4, 0.5) is 5.69 Å². The van der Waals surface area contributed by atoms with E-state index in [0.29, 0.717) is 5.92 Å². The summed E-state index contributed by atoms with van der Waals surface area (Å²) in [4.78, 5) is 19.3. The zero-order valence-electron chi connectivity index (χ0n) is 16.2. The number of imidazole rings is 1. The molecule has 150 valence electrons. The predicted molar refractivity (Wildman–Crippen MR) is 114 cm³/mol. The van der Waals surface area contributed by atoms with Gasteiger partial charge in [-0.25, -0.2) is 4.98 Å². The number of aromatic amines is 1. The maximum absolute atomic E-state index is 12.6. The molecule has 0 spiro atoms. The van der Waals surface area contributed by atoms with Gasteiger partial charge in [-0.3, -0.25) is 9.00 Å². The third kappa shape index (κ3) is 4.48. The number of carbonyl (C=O) groups excluding carboxylic acids is 1. The molecule has 2 aromatic rings. The fourth-order valence-corrected chi connectivity index (χ4v) is 5.37. The van der Waals surface area contributed by atoms with Crippen molar-refractivity contribution < 1.29 is 9.00 Å². The number of hydrogen-bond donors (Lipinski definition) is 2. The first-order valence-corrected chi connectivity index (χ1v) is 11.6. The van der Waals surface area contributed by atoms with Gasteiger partial charge in [-0.2, -0.15) is 5.26 Å². The van der Waals surface area contributed by atoms with Gasteiger partial charge in [0.2, 0.25) is 0 Å². The molecule has 0 unspecified atom stereocenters. The molecule has 0 bridgehead atoms. The van der Waals surface area contributed by atoms with Gasteiger partial charge in [0.05, 0.1) is 6.20 Å². The van der Waals surface area contributed by atoms with Crippen LogP contribution in [0.5, 0.6) is 0 Å². The van der Waals surface area contributed by atoms with Crippen LogP contribution in [0.3, 0.4) is 0 Å². The number of nitriles is 1. The molecule has 1 amide bonds. The number of allylic oxidation sites excluding steroid dienone is 2. The smallest absolute Gasteiger partial charge is 0.291 e. The van der Waals surface area contributed by atoms with Gasteiger partial charge in [-0.15, -0.1) is 0 Å². The fraction of sp³-hybridized carbons (Fsp3) is 0.409. The fourth-order valence-electron chi connectivity index (χ4n) is 4.08. The van der Waals surface area contributed by atoms with Crippen LogP contribution < -0.4 is 5.32 Å². The minimum Gasteiger partial charge on any atom is -0.326 e. The molecule has 2 aliphatic rings. The quantitative estimate of drug-likeness (QED) is 0.795. The second-order valence-corrected chi connectivity index (χ2v) is 9.31. The molecule has 2 N–H and O–H groups in total.